The molecule has 2 heterocycles. The number of nitrogens with zero attached hydrogens (tertiary/aromatic N) is 2. The predicted molar refractivity (Wildman–Crippen MR) is 295 cm³/mol. The first-order chi connectivity index (χ1) is 34.7. The van der Waals surface area contributed by atoms with Crippen molar-refractivity contribution in [2.75, 3.05) is 9.80 Å². The molecule has 0 bridgehead atoms. The fourth-order valence-electron chi connectivity index (χ4n) is 11.6. The molecule has 0 saturated heterocycles. The molecule has 15 rings (SSSR count). The summed E-state index contributed by atoms with van der Waals surface area (Å²) in [4.78, 5) is 4.88. The summed E-state index contributed by atoms with van der Waals surface area (Å²) in [6, 6.07) is 87.3. The van der Waals surface area contributed by atoms with Crippen molar-refractivity contribution in [1.29, 1.82) is 0 Å². The van der Waals surface area contributed by atoms with Crippen LogP contribution in [0.4, 0.5) is 34.1 Å². The molecule has 0 aliphatic heterocycles. The number of fused-ring (bicyclic) bond motifs is 15. The van der Waals surface area contributed by atoms with E-state index in [1.165, 1.54) is 43.1 Å². The van der Waals surface area contributed by atoms with Crippen LogP contribution in [-0.2, 0) is 0 Å². The van der Waals surface area contributed by atoms with E-state index in [0.717, 1.165) is 99.5 Å². The summed E-state index contributed by atoms with van der Waals surface area (Å²) < 4.78 is 14.2. The first-order valence-electron chi connectivity index (χ1n) is 23.9. The molecule has 13 aromatic carbocycles. The van der Waals surface area contributed by atoms with Gasteiger partial charge in [-0.2, -0.15) is 0 Å². The van der Waals surface area contributed by atoms with Crippen molar-refractivity contribution in [3.05, 3.63) is 243 Å². The Balaban J connectivity index is 1.03. The maximum absolute atomic E-state index is 7.12. The molecule has 0 unspecified atom stereocenters. The fourth-order valence-corrected chi connectivity index (χ4v) is 11.6. The Morgan fingerprint density at radius 3 is 0.886 bits per heavy atom. The number of anilines is 6. The topological polar surface area (TPSA) is 32.8 Å². The fraction of sp³-hybridized carbons (Fsp3) is 0. The van der Waals surface area contributed by atoms with Crippen LogP contribution < -0.4 is 9.80 Å². The second-order valence-electron chi connectivity index (χ2n) is 18.3. The lowest BCUT2D eigenvalue weighted by molar-refractivity contribution is 0.663. The largest absolute Gasteiger partial charge is 0.456 e. The number of hydrogen-bond acceptors (Lipinski definition) is 4. The van der Waals surface area contributed by atoms with Crippen molar-refractivity contribution in [1.82, 2.24) is 0 Å². The molecule has 4 heteroatoms. The Bertz CT molecular complexity index is 4210. The van der Waals surface area contributed by atoms with Crippen molar-refractivity contribution in [2.45, 2.75) is 0 Å². The van der Waals surface area contributed by atoms with Gasteiger partial charge in [-0.25, -0.2) is 0 Å². The van der Waals surface area contributed by atoms with E-state index in [1.807, 2.05) is 0 Å². The smallest absolute Gasteiger partial charge is 0.138 e. The second-order valence-corrected chi connectivity index (χ2v) is 18.3. The molecule has 0 aliphatic carbocycles. The van der Waals surface area contributed by atoms with Crippen LogP contribution >= 0.6 is 0 Å². The highest BCUT2D eigenvalue weighted by Gasteiger charge is 2.28. The van der Waals surface area contributed by atoms with Crippen molar-refractivity contribution in [3.63, 3.8) is 0 Å². The third kappa shape index (κ3) is 5.65. The molecule has 0 atom stereocenters. The van der Waals surface area contributed by atoms with Crippen molar-refractivity contribution in [3.8, 4) is 0 Å². The molecule has 0 saturated carbocycles. The summed E-state index contributed by atoms with van der Waals surface area (Å²) in [5.41, 5.74) is 9.74. The van der Waals surface area contributed by atoms with Crippen molar-refractivity contribution in [2.24, 2.45) is 0 Å². The lowest BCUT2D eigenvalue weighted by atomic mass is 9.95. The van der Waals surface area contributed by atoms with E-state index in [2.05, 4.69) is 252 Å². The van der Waals surface area contributed by atoms with Gasteiger partial charge in [0.05, 0.1) is 22.7 Å². The molecule has 70 heavy (non-hydrogen) atoms. The van der Waals surface area contributed by atoms with E-state index in [9.17, 15) is 0 Å². The summed E-state index contributed by atoms with van der Waals surface area (Å²) in [5, 5.41) is 18.2. The number of hydrogen-bond donors (Lipinski definition) is 0. The lowest BCUT2D eigenvalue weighted by Crippen LogP contribution is -2.11. The van der Waals surface area contributed by atoms with Gasteiger partial charge in [0.25, 0.3) is 0 Å². The van der Waals surface area contributed by atoms with Gasteiger partial charge in [-0.15, -0.1) is 0 Å². The molecule has 0 fully saturated rings. The normalized spacial score (nSPS) is 12.0. The number of rotatable bonds is 6. The Morgan fingerprint density at radius 1 is 0.229 bits per heavy atom. The monoisotopic (exact) mass is 892 g/mol. The van der Waals surface area contributed by atoms with E-state index < -0.39 is 0 Å². The molecule has 0 aliphatic rings. The van der Waals surface area contributed by atoms with Gasteiger partial charge in [-0.3, -0.25) is 0 Å². The Labute approximate surface area is 402 Å². The average Bonchev–Trinajstić information content (AvgIpc) is 4.00. The molecular weight excluding hydrogens is 853 g/mol. The third-order valence-electron chi connectivity index (χ3n) is 14.5. The van der Waals surface area contributed by atoms with Crippen LogP contribution in [-0.4, -0.2) is 0 Å². The van der Waals surface area contributed by atoms with Crippen LogP contribution in [0.15, 0.2) is 251 Å². The molecule has 326 valence electrons. The zero-order valence-electron chi connectivity index (χ0n) is 37.8. The third-order valence-corrected chi connectivity index (χ3v) is 14.5. The second kappa shape index (κ2) is 15.1. The molecule has 0 amide bonds. The minimum Gasteiger partial charge on any atom is -0.456 e. The summed E-state index contributed by atoms with van der Waals surface area (Å²) in [5.74, 6) is 0. The van der Waals surface area contributed by atoms with Gasteiger partial charge in [0.1, 0.15) is 22.3 Å². The van der Waals surface area contributed by atoms with Crippen LogP contribution in [0.3, 0.4) is 0 Å². The molecule has 15 aromatic rings. The summed E-state index contributed by atoms with van der Waals surface area (Å²) in [6.45, 7) is 0. The highest BCUT2D eigenvalue weighted by molar-refractivity contribution is 6.36. The molecule has 0 spiro atoms. The SMILES string of the molecule is c1ccc(N(c2c3ccccc3cc3ccccc23)c2cc3oc4ccc5oc6cc(N(c7ccccc7)c7c8ccccc8cc8ccccc78)c7ccccc7c6c5c4c3c3ccccc23)cc1. The highest BCUT2D eigenvalue weighted by Crippen LogP contribution is 2.53. The van der Waals surface area contributed by atoms with E-state index in [4.69, 9.17) is 8.83 Å². The van der Waals surface area contributed by atoms with Crippen LogP contribution in [0.25, 0.3) is 109 Å². The van der Waals surface area contributed by atoms with Crippen LogP contribution in [0.1, 0.15) is 0 Å². The summed E-state index contributed by atoms with van der Waals surface area (Å²) in [7, 11) is 0. The van der Waals surface area contributed by atoms with Gasteiger partial charge in [0, 0.05) is 77.4 Å². The minimum atomic E-state index is 0.815. The standard InChI is InChI=1S/C66H40N2O2/c1-3-23-45(24-4-1)67(65-47-27-11-7-19-41(47)37-42-20-8-12-28-48(42)65)55-39-59-61(53-33-17-15-31-51(53)55)63-57(69-59)35-36-58-64(63)62-54-34-18-16-32-52(54)56(40-60(62)70-58)68(46-25-5-2-6-26-46)66-49-29-13-9-21-43(49)38-44-22-10-14-30-50(44)66/h1-40H. The van der Waals surface area contributed by atoms with Crippen molar-refractivity contribution >= 4 is 143 Å². The van der Waals surface area contributed by atoms with Gasteiger partial charge in [0.2, 0.25) is 0 Å². The van der Waals surface area contributed by atoms with Gasteiger partial charge in [-0.05, 0) is 80.8 Å². The summed E-state index contributed by atoms with van der Waals surface area (Å²) in [6.07, 6.45) is 0. The van der Waals surface area contributed by atoms with Gasteiger partial charge < -0.3 is 18.6 Å². The predicted octanol–water partition coefficient (Wildman–Crippen LogP) is 19.3. The molecule has 4 nitrogen and oxygen atoms in total. The molecule has 0 N–H and O–H groups in total. The maximum atomic E-state index is 7.12. The first kappa shape index (κ1) is 38.7. The average molecular weight is 893 g/mol. The Morgan fingerprint density at radius 2 is 0.529 bits per heavy atom. The number of para-hydroxylation sites is 2. The van der Waals surface area contributed by atoms with Crippen LogP contribution in [0.2, 0.25) is 0 Å². The van der Waals surface area contributed by atoms with E-state index >= 15 is 0 Å². The number of benzene rings is 13. The van der Waals surface area contributed by atoms with E-state index in [0.29, 0.717) is 0 Å². The maximum Gasteiger partial charge on any atom is 0.138 e. The first-order valence-corrected chi connectivity index (χ1v) is 23.9. The Kier molecular flexibility index (Phi) is 8.33. The Hall–Kier alpha value is -9.38. The van der Waals surface area contributed by atoms with Gasteiger partial charge in [-0.1, -0.05) is 182 Å². The van der Waals surface area contributed by atoms with Crippen molar-refractivity contribution < 1.29 is 8.83 Å². The molecule has 2 aromatic heterocycles. The van der Waals surface area contributed by atoms with E-state index in [-0.39, 0.29) is 0 Å². The minimum absolute atomic E-state index is 0.815. The number of furan rings is 2. The quantitative estimate of drug-likeness (QED) is 0.156. The van der Waals surface area contributed by atoms with Crippen LogP contribution in [0, 0.1) is 0 Å². The van der Waals surface area contributed by atoms with E-state index in [1.54, 1.807) is 0 Å². The highest BCUT2D eigenvalue weighted by atomic mass is 16.3. The lowest BCUT2D eigenvalue weighted by Gasteiger charge is -2.29. The van der Waals surface area contributed by atoms with Gasteiger partial charge in [0.15, 0.2) is 0 Å². The zero-order valence-corrected chi connectivity index (χ0v) is 37.8. The van der Waals surface area contributed by atoms with Crippen LogP contribution in [0.5, 0.6) is 0 Å². The molecule has 0 radical (unpaired) electrons. The zero-order chi connectivity index (χ0) is 45.9. The van der Waals surface area contributed by atoms with Gasteiger partial charge >= 0.3 is 0 Å². The summed E-state index contributed by atoms with van der Waals surface area (Å²) >= 11 is 0. The molecular formula is C66H40N2O2.